The lowest BCUT2D eigenvalue weighted by molar-refractivity contribution is 0.687. The van der Waals surface area contributed by atoms with Gasteiger partial charge in [-0.15, -0.1) is 21.5 Å². The number of thioether (sulfide) groups is 1. The molecule has 0 spiro atoms. The van der Waals surface area contributed by atoms with Crippen LogP contribution in [0.25, 0.3) is 11.4 Å². The Kier molecular flexibility index (Phi) is 6.10. The fourth-order valence-electron chi connectivity index (χ4n) is 2.79. The molecule has 7 heteroatoms. The first-order valence-corrected chi connectivity index (χ1v) is 10.7. The zero-order valence-electron chi connectivity index (χ0n) is 14.3. The van der Waals surface area contributed by atoms with Crippen molar-refractivity contribution in [2.45, 2.75) is 44.6 Å². The van der Waals surface area contributed by atoms with Gasteiger partial charge in [0.15, 0.2) is 11.0 Å². The molecule has 0 bridgehead atoms. The van der Waals surface area contributed by atoms with Crippen molar-refractivity contribution >= 4 is 46.3 Å². The molecule has 0 saturated heterocycles. The summed E-state index contributed by atoms with van der Waals surface area (Å²) in [5.41, 5.74) is 3.49. The first kappa shape index (κ1) is 18.8. The summed E-state index contributed by atoms with van der Waals surface area (Å²) >= 11 is 15.9. The zero-order chi connectivity index (χ0) is 18.0. The molecular formula is C18H19Cl2N3S2. The van der Waals surface area contributed by atoms with Gasteiger partial charge in [0.1, 0.15) is 0 Å². The van der Waals surface area contributed by atoms with Crippen LogP contribution in [0.5, 0.6) is 0 Å². The van der Waals surface area contributed by atoms with Gasteiger partial charge < -0.3 is 4.57 Å². The van der Waals surface area contributed by atoms with Gasteiger partial charge in [0.25, 0.3) is 0 Å². The lowest BCUT2D eigenvalue weighted by Crippen LogP contribution is -2.01. The van der Waals surface area contributed by atoms with Crippen LogP contribution in [0.4, 0.5) is 0 Å². The number of hydrogen-bond donors (Lipinski definition) is 0. The molecule has 0 saturated carbocycles. The monoisotopic (exact) mass is 411 g/mol. The van der Waals surface area contributed by atoms with E-state index in [1.54, 1.807) is 23.1 Å². The van der Waals surface area contributed by atoms with Gasteiger partial charge in [0.05, 0.1) is 0 Å². The van der Waals surface area contributed by atoms with Crippen LogP contribution in [-0.4, -0.2) is 14.8 Å². The molecule has 0 radical (unpaired) electrons. The van der Waals surface area contributed by atoms with Gasteiger partial charge in [-0.2, -0.15) is 0 Å². The maximum atomic E-state index is 6.27. The number of aromatic nitrogens is 3. The number of halogens is 2. The van der Waals surface area contributed by atoms with Crippen molar-refractivity contribution in [1.29, 1.82) is 0 Å². The van der Waals surface area contributed by atoms with E-state index in [0.29, 0.717) is 15.8 Å². The highest BCUT2D eigenvalue weighted by atomic mass is 35.5. The molecule has 0 amide bonds. The van der Waals surface area contributed by atoms with Gasteiger partial charge in [-0.1, -0.05) is 48.0 Å². The average Bonchev–Trinajstić information content (AvgIpc) is 3.16. The lowest BCUT2D eigenvalue weighted by Gasteiger charge is -2.09. The Morgan fingerprint density at radius 1 is 1.12 bits per heavy atom. The predicted octanol–water partition coefficient (Wildman–Crippen LogP) is 6.50. The Labute approximate surface area is 166 Å². The van der Waals surface area contributed by atoms with Crippen LogP contribution in [0.1, 0.15) is 29.9 Å². The Hall–Kier alpha value is -1.01. The Morgan fingerprint density at radius 3 is 2.48 bits per heavy atom. The molecule has 0 aliphatic rings. The number of thiophene rings is 1. The lowest BCUT2D eigenvalue weighted by atomic mass is 10.1. The summed E-state index contributed by atoms with van der Waals surface area (Å²) in [6.45, 7) is 7.28. The standard InChI is InChI=1S/C18H19Cl2N3S2/c1-4-12-11(3)24-9-13(12)17-21-22-18(23(17)5-2)25-10-14-15(19)7-6-8-16(14)20/h6-9H,4-5,10H2,1-3H3. The normalized spacial score (nSPS) is 11.2. The number of benzene rings is 1. The number of hydrogen-bond acceptors (Lipinski definition) is 4. The first-order valence-electron chi connectivity index (χ1n) is 8.13. The van der Waals surface area contributed by atoms with Crippen LogP contribution < -0.4 is 0 Å². The Bertz CT molecular complexity index is 866. The van der Waals surface area contributed by atoms with Crippen LogP contribution in [0.2, 0.25) is 10.0 Å². The first-order chi connectivity index (χ1) is 12.1. The van der Waals surface area contributed by atoms with E-state index in [0.717, 1.165) is 29.5 Å². The zero-order valence-corrected chi connectivity index (χ0v) is 17.5. The van der Waals surface area contributed by atoms with Gasteiger partial charge in [-0.3, -0.25) is 0 Å². The van der Waals surface area contributed by atoms with Crippen molar-refractivity contribution in [3.8, 4) is 11.4 Å². The molecule has 0 fully saturated rings. The summed E-state index contributed by atoms with van der Waals surface area (Å²) in [5, 5.41) is 13.3. The molecule has 1 aromatic carbocycles. The molecule has 0 unspecified atom stereocenters. The SMILES string of the molecule is CCc1c(-c2nnc(SCc3c(Cl)cccc3Cl)n2CC)csc1C. The van der Waals surface area contributed by atoms with Crippen molar-refractivity contribution in [3.63, 3.8) is 0 Å². The van der Waals surface area contributed by atoms with Crippen LogP contribution >= 0.6 is 46.3 Å². The fraction of sp³-hybridized carbons (Fsp3) is 0.333. The smallest absolute Gasteiger partial charge is 0.191 e. The topological polar surface area (TPSA) is 30.7 Å². The molecule has 3 nitrogen and oxygen atoms in total. The minimum absolute atomic E-state index is 0.667. The molecule has 0 N–H and O–H groups in total. The average molecular weight is 412 g/mol. The van der Waals surface area contributed by atoms with Gasteiger partial charge in [-0.05, 0) is 43.5 Å². The summed E-state index contributed by atoms with van der Waals surface area (Å²) < 4.78 is 2.16. The second kappa shape index (κ2) is 8.12. The van der Waals surface area contributed by atoms with E-state index in [2.05, 4.69) is 40.9 Å². The molecular weight excluding hydrogens is 393 g/mol. The fourth-order valence-corrected chi connectivity index (χ4v) is 5.48. The molecule has 3 aromatic rings. The molecule has 25 heavy (non-hydrogen) atoms. The molecule has 2 heterocycles. The number of nitrogens with zero attached hydrogens (tertiary/aromatic N) is 3. The summed E-state index contributed by atoms with van der Waals surface area (Å²) in [7, 11) is 0. The largest absolute Gasteiger partial charge is 0.302 e. The number of aryl methyl sites for hydroxylation is 1. The van der Waals surface area contributed by atoms with Crippen LogP contribution in [0, 0.1) is 6.92 Å². The quantitative estimate of drug-likeness (QED) is 0.433. The van der Waals surface area contributed by atoms with Crippen molar-refractivity contribution < 1.29 is 0 Å². The molecule has 132 valence electrons. The summed E-state index contributed by atoms with van der Waals surface area (Å²) in [6, 6.07) is 5.58. The third-order valence-corrected chi connectivity index (χ3v) is 6.79. The Balaban J connectivity index is 1.90. The van der Waals surface area contributed by atoms with Crippen molar-refractivity contribution in [1.82, 2.24) is 14.8 Å². The van der Waals surface area contributed by atoms with Crippen LogP contribution in [-0.2, 0) is 18.7 Å². The Morgan fingerprint density at radius 2 is 1.84 bits per heavy atom. The van der Waals surface area contributed by atoms with E-state index < -0.39 is 0 Å². The second-order valence-corrected chi connectivity index (χ2v) is 8.42. The van der Waals surface area contributed by atoms with E-state index >= 15 is 0 Å². The number of rotatable bonds is 6. The molecule has 3 rings (SSSR count). The van der Waals surface area contributed by atoms with E-state index in [1.165, 1.54) is 16.0 Å². The third-order valence-electron chi connectivity index (χ3n) is 4.14. The van der Waals surface area contributed by atoms with E-state index in [4.69, 9.17) is 23.2 Å². The molecule has 2 aromatic heterocycles. The minimum atomic E-state index is 0.667. The second-order valence-electron chi connectivity index (χ2n) is 5.58. The summed E-state index contributed by atoms with van der Waals surface area (Å²) in [4.78, 5) is 1.35. The van der Waals surface area contributed by atoms with E-state index in [9.17, 15) is 0 Å². The maximum Gasteiger partial charge on any atom is 0.191 e. The van der Waals surface area contributed by atoms with Gasteiger partial charge in [0, 0.05) is 38.2 Å². The van der Waals surface area contributed by atoms with Crippen molar-refractivity contribution in [2.24, 2.45) is 0 Å². The minimum Gasteiger partial charge on any atom is -0.302 e. The highest BCUT2D eigenvalue weighted by Gasteiger charge is 2.18. The molecule has 0 atom stereocenters. The third kappa shape index (κ3) is 3.75. The van der Waals surface area contributed by atoms with Gasteiger partial charge >= 0.3 is 0 Å². The molecule has 0 aliphatic carbocycles. The van der Waals surface area contributed by atoms with Crippen molar-refractivity contribution in [3.05, 3.63) is 49.6 Å². The highest BCUT2D eigenvalue weighted by molar-refractivity contribution is 7.98. The van der Waals surface area contributed by atoms with E-state index in [-0.39, 0.29) is 0 Å². The van der Waals surface area contributed by atoms with E-state index in [1.807, 2.05) is 18.2 Å². The summed E-state index contributed by atoms with van der Waals surface area (Å²) in [6.07, 6.45) is 0.999. The summed E-state index contributed by atoms with van der Waals surface area (Å²) in [5.74, 6) is 1.61. The molecule has 0 aliphatic heterocycles. The van der Waals surface area contributed by atoms with Crippen LogP contribution in [0.3, 0.4) is 0 Å². The predicted molar refractivity (Wildman–Crippen MR) is 109 cm³/mol. The maximum absolute atomic E-state index is 6.27. The highest BCUT2D eigenvalue weighted by Crippen LogP contribution is 2.35. The van der Waals surface area contributed by atoms with Gasteiger partial charge in [-0.25, -0.2) is 0 Å². The van der Waals surface area contributed by atoms with Crippen molar-refractivity contribution in [2.75, 3.05) is 0 Å². The van der Waals surface area contributed by atoms with Gasteiger partial charge in [0.2, 0.25) is 0 Å². The van der Waals surface area contributed by atoms with Crippen LogP contribution in [0.15, 0.2) is 28.7 Å².